The predicted molar refractivity (Wildman–Crippen MR) is 103 cm³/mol. The number of halogens is 3. The molecule has 30 heavy (non-hydrogen) atoms. The van der Waals surface area contributed by atoms with Gasteiger partial charge in [0.05, 0.1) is 30.2 Å². The van der Waals surface area contributed by atoms with Gasteiger partial charge in [0.2, 0.25) is 5.43 Å². The first-order valence-electron chi connectivity index (χ1n) is 8.75. The van der Waals surface area contributed by atoms with Crippen molar-refractivity contribution in [3.63, 3.8) is 0 Å². The minimum atomic E-state index is -3.17. The standard InChI is InChI=1S/C19H17F3N4O4/c20-13-7-11(26-9-12(30-19(26)29)8-24-18(28)17(21)22)3-5-15(13)25-10-1-4-14(23)16(27)6-2-10/h1-7,12,17,25H,8-9H2,(H2,23,27)(H,24,28)/t12-/m0/s1. The maximum absolute atomic E-state index is 14.5. The van der Waals surface area contributed by atoms with E-state index in [0.717, 1.165) is 11.0 Å². The SMILES string of the molecule is Nc1ccc(Nc2ccc(N3C[C@H](CNC(=O)C(F)F)OC3=O)cc2F)ccc1=O. The average Bonchev–Trinajstić information content (AvgIpc) is 3.01. The van der Waals surface area contributed by atoms with E-state index < -0.39 is 30.3 Å². The average molecular weight is 422 g/mol. The third-order valence-corrected chi connectivity index (χ3v) is 4.26. The van der Waals surface area contributed by atoms with Gasteiger partial charge in [-0.1, -0.05) is 0 Å². The Labute approximate surface area is 168 Å². The fourth-order valence-corrected chi connectivity index (χ4v) is 2.72. The van der Waals surface area contributed by atoms with Crippen molar-refractivity contribution in [3.8, 4) is 0 Å². The number of benzene rings is 1. The van der Waals surface area contributed by atoms with E-state index in [2.05, 4.69) is 5.32 Å². The Morgan fingerprint density at radius 2 is 1.93 bits per heavy atom. The van der Waals surface area contributed by atoms with Crippen LogP contribution in [0.15, 0.2) is 47.3 Å². The summed E-state index contributed by atoms with van der Waals surface area (Å²) in [6, 6.07) is 9.55. The molecular formula is C19H17F3N4O4. The number of anilines is 4. The number of ether oxygens (including phenoxy) is 1. The van der Waals surface area contributed by atoms with E-state index in [1.165, 1.54) is 36.4 Å². The van der Waals surface area contributed by atoms with Gasteiger partial charge < -0.3 is 21.1 Å². The second kappa shape index (κ2) is 8.72. The number of nitrogens with one attached hydrogen (secondary N) is 2. The highest BCUT2D eigenvalue weighted by atomic mass is 19.3. The quantitative estimate of drug-likeness (QED) is 0.658. The van der Waals surface area contributed by atoms with Crippen molar-refractivity contribution in [2.24, 2.45) is 0 Å². The van der Waals surface area contributed by atoms with Crippen LogP contribution in [-0.2, 0) is 9.53 Å². The van der Waals surface area contributed by atoms with Crippen LogP contribution in [0.2, 0.25) is 0 Å². The summed E-state index contributed by atoms with van der Waals surface area (Å²) in [7, 11) is 0. The number of carbonyl (C=O) groups excluding carboxylic acids is 2. The number of alkyl halides is 2. The molecule has 3 rings (SSSR count). The Hall–Kier alpha value is -3.76. The van der Waals surface area contributed by atoms with Crippen LogP contribution in [0.5, 0.6) is 0 Å². The van der Waals surface area contributed by atoms with Crippen LogP contribution in [0.4, 0.5) is 40.7 Å². The number of nitrogen functional groups attached to an aromatic ring is 1. The third kappa shape index (κ3) is 4.80. The van der Waals surface area contributed by atoms with Crippen LogP contribution in [0.25, 0.3) is 0 Å². The van der Waals surface area contributed by atoms with Crippen LogP contribution in [-0.4, -0.2) is 37.6 Å². The van der Waals surface area contributed by atoms with E-state index in [0.29, 0.717) is 5.69 Å². The lowest BCUT2D eigenvalue weighted by atomic mass is 10.2. The van der Waals surface area contributed by atoms with Crippen molar-refractivity contribution < 1.29 is 27.5 Å². The van der Waals surface area contributed by atoms with Gasteiger partial charge in [0.15, 0.2) is 0 Å². The molecule has 1 heterocycles. The molecule has 1 aliphatic rings. The number of cyclic esters (lactones) is 1. The number of amides is 2. The summed E-state index contributed by atoms with van der Waals surface area (Å²) >= 11 is 0. The zero-order valence-corrected chi connectivity index (χ0v) is 15.4. The van der Waals surface area contributed by atoms with E-state index in [4.69, 9.17) is 10.5 Å². The molecule has 2 amide bonds. The van der Waals surface area contributed by atoms with Gasteiger partial charge in [-0.2, -0.15) is 8.78 Å². The van der Waals surface area contributed by atoms with Crippen LogP contribution >= 0.6 is 0 Å². The molecule has 8 nitrogen and oxygen atoms in total. The molecule has 1 aliphatic heterocycles. The second-order valence-electron chi connectivity index (χ2n) is 6.39. The molecule has 0 unspecified atom stereocenters. The molecule has 2 aromatic carbocycles. The third-order valence-electron chi connectivity index (χ3n) is 4.26. The predicted octanol–water partition coefficient (Wildman–Crippen LogP) is 2.22. The minimum Gasteiger partial charge on any atom is -0.442 e. The number of hydrogen-bond acceptors (Lipinski definition) is 6. The number of rotatable bonds is 6. The summed E-state index contributed by atoms with van der Waals surface area (Å²) in [6.07, 6.45) is -4.81. The largest absolute Gasteiger partial charge is 0.442 e. The Kier molecular flexibility index (Phi) is 6.09. The molecule has 158 valence electrons. The summed E-state index contributed by atoms with van der Waals surface area (Å²) in [4.78, 5) is 35.6. The first kappa shape index (κ1) is 21.0. The van der Waals surface area contributed by atoms with Gasteiger partial charge in [0, 0.05) is 5.69 Å². The lowest BCUT2D eigenvalue weighted by Crippen LogP contribution is -2.37. The molecule has 0 saturated carbocycles. The van der Waals surface area contributed by atoms with Crippen molar-refractivity contribution in [2.45, 2.75) is 12.5 Å². The molecule has 0 radical (unpaired) electrons. The van der Waals surface area contributed by atoms with E-state index in [9.17, 15) is 27.6 Å². The smallest absolute Gasteiger partial charge is 0.414 e. The maximum Gasteiger partial charge on any atom is 0.414 e. The second-order valence-corrected chi connectivity index (χ2v) is 6.39. The van der Waals surface area contributed by atoms with Crippen molar-refractivity contribution in [3.05, 3.63) is 58.5 Å². The van der Waals surface area contributed by atoms with Gasteiger partial charge in [-0.05, 0) is 42.5 Å². The Morgan fingerprint density at radius 3 is 2.63 bits per heavy atom. The number of hydrogen-bond donors (Lipinski definition) is 3. The van der Waals surface area contributed by atoms with E-state index in [1.807, 2.05) is 5.32 Å². The van der Waals surface area contributed by atoms with Crippen molar-refractivity contribution >= 4 is 34.7 Å². The molecule has 4 N–H and O–H groups in total. The lowest BCUT2D eigenvalue weighted by Gasteiger charge is -2.15. The monoisotopic (exact) mass is 422 g/mol. The van der Waals surface area contributed by atoms with E-state index in [-0.39, 0.29) is 35.6 Å². The fraction of sp³-hybridized carbons (Fsp3) is 0.211. The Balaban J connectivity index is 1.69. The molecule has 2 aromatic rings. The molecule has 0 bridgehead atoms. The molecule has 11 heteroatoms. The maximum atomic E-state index is 14.5. The first-order chi connectivity index (χ1) is 14.2. The van der Waals surface area contributed by atoms with Crippen molar-refractivity contribution in [2.75, 3.05) is 29.0 Å². The van der Waals surface area contributed by atoms with Gasteiger partial charge in [-0.3, -0.25) is 14.5 Å². The zero-order valence-electron chi connectivity index (χ0n) is 15.4. The molecular weight excluding hydrogens is 405 g/mol. The van der Waals surface area contributed by atoms with Crippen LogP contribution in [0.3, 0.4) is 0 Å². The summed E-state index contributed by atoms with van der Waals surface area (Å²) in [5.74, 6) is -2.15. The normalized spacial score (nSPS) is 15.8. The van der Waals surface area contributed by atoms with Gasteiger partial charge in [0.1, 0.15) is 11.9 Å². The first-order valence-corrected chi connectivity index (χ1v) is 8.75. The zero-order chi connectivity index (χ0) is 21.8. The van der Waals surface area contributed by atoms with Crippen LogP contribution in [0.1, 0.15) is 0 Å². The highest BCUT2D eigenvalue weighted by Crippen LogP contribution is 2.27. The van der Waals surface area contributed by atoms with Gasteiger partial charge >= 0.3 is 12.5 Å². The number of nitrogens with two attached hydrogens (primary N) is 1. The Morgan fingerprint density at radius 1 is 1.20 bits per heavy atom. The Bertz CT molecular complexity index is 1030. The minimum absolute atomic E-state index is 0.0470. The van der Waals surface area contributed by atoms with Crippen LogP contribution < -0.4 is 26.7 Å². The molecule has 1 saturated heterocycles. The molecule has 1 atom stereocenters. The summed E-state index contributed by atoms with van der Waals surface area (Å²) in [5.41, 5.74) is 5.91. The van der Waals surface area contributed by atoms with Gasteiger partial charge in [-0.15, -0.1) is 0 Å². The van der Waals surface area contributed by atoms with Gasteiger partial charge in [-0.25, -0.2) is 9.18 Å². The topological polar surface area (TPSA) is 114 Å². The van der Waals surface area contributed by atoms with E-state index in [1.54, 1.807) is 0 Å². The molecule has 1 fully saturated rings. The van der Waals surface area contributed by atoms with Crippen LogP contribution in [0, 0.1) is 5.82 Å². The summed E-state index contributed by atoms with van der Waals surface area (Å²) in [6.45, 7) is -0.335. The van der Waals surface area contributed by atoms with Crippen molar-refractivity contribution in [1.82, 2.24) is 5.32 Å². The fourth-order valence-electron chi connectivity index (χ4n) is 2.72. The summed E-state index contributed by atoms with van der Waals surface area (Å²) in [5, 5.41) is 4.77. The van der Waals surface area contributed by atoms with E-state index >= 15 is 0 Å². The molecule has 0 spiro atoms. The number of carbonyl (C=O) groups is 2. The highest BCUT2D eigenvalue weighted by molar-refractivity contribution is 5.90. The highest BCUT2D eigenvalue weighted by Gasteiger charge is 2.33. The lowest BCUT2D eigenvalue weighted by molar-refractivity contribution is -0.132. The molecule has 0 aromatic heterocycles. The summed E-state index contributed by atoms with van der Waals surface area (Å²) < 4.78 is 44.0. The van der Waals surface area contributed by atoms with Gasteiger partial charge in [0.25, 0.3) is 5.91 Å². The molecule has 0 aliphatic carbocycles. The van der Waals surface area contributed by atoms with Crippen molar-refractivity contribution in [1.29, 1.82) is 0 Å². The number of nitrogens with zero attached hydrogens (tertiary/aromatic N) is 1.